The molecule has 3 aromatic rings. The van der Waals surface area contributed by atoms with E-state index in [1.54, 1.807) is 30.3 Å². The first-order valence-corrected chi connectivity index (χ1v) is 12.0. The van der Waals surface area contributed by atoms with Crippen molar-refractivity contribution in [2.45, 2.75) is 18.8 Å². The molecule has 0 N–H and O–H groups in total. The van der Waals surface area contributed by atoms with Crippen LogP contribution in [0, 0.1) is 0 Å². The van der Waals surface area contributed by atoms with Crippen LogP contribution in [0.4, 0.5) is 0 Å². The Labute approximate surface area is 243 Å². The summed E-state index contributed by atoms with van der Waals surface area (Å²) in [6.07, 6.45) is 0.999. The third-order valence-electron chi connectivity index (χ3n) is 5.45. The van der Waals surface area contributed by atoms with Crippen LogP contribution in [-0.4, -0.2) is 29.0 Å². The van der Waals surface area contributed by atoms with Gasteiger partial charge in [-0.05, 0) is 60.9 Å². The summed E-state index contributed by atoms with van der Waals surface area (Å²) in [4.78, 5) is 24.1. The molecule has 176 valence electrons. The predicted molar refractivity (Wildman–Crippen MR) is 131 cm³/mol. The van der Waals surface area contributed by atoms with Gasteiger partial charge in [-0.2, -0.15) is 0 Å². The standard InChI is InChI=1S/C25H20BrCl2NO5.Na/c26-29(11-9-15-1-5-17(27)6-2-15)24(30)16-3-7-18(8-4-16)34-23-14-22-20(13-21(23)28)19(25(31)32)10-12-33-22;/h1-8,13-14,19H,9-12H2,(H,31,32);/q;+1/p-1. The molecular formula is C25H19BrCl2NNaO5. The van der Waals surface area contributed by atoms with Crippen LogP contribution in [0.5, 0.6) is 17.2 Å². The number of rotatable bonds is 7. The number of carboxylic acids is 1. The molecule has 0 radical (unpaired) electrons. The van der Waals surface area contributed by atoms with Gasteiger partial charge in [-0.1, -0.05) is 35.3 Å². The van der Waals surface area contributed by atoms with E-state index < -0.39 is 11.9 Å². The van der Waals surface area contributed by atoms with Crippen LogP contribution in [0.2, 0.25) is 10.0 Å². The summed E-state index contributed by atoms with van der Waals surface area (Å²) in [5.74, 6) is -0.927. The van der Waals surface area contributed by atoms with Crippen molar-refractivity contribution in [1.29, 1.82) is 0 Å². The molecule has 35 heavy (non-hydrogen) atoms. The van der Waals surface area contributed by atoms with E-state index in [0.29, 0.717) is 52.8 Å². The third kappa shape index (κ3) is 6.94. The van der Waals surface area contributed by atoms with Gasteiger partial charge in [-0.15, -0.1) is 0 Å². The zero-order valence-corrected chi connectivity index (χ0v) is 23.9. The Morgan fingerprint density at radius 2 is 1.77 bits per heavy atom. The Hall–Kier alpha value is -1.74. The molecule has 1 heterocycles. The van der Waals surface area contributed by atoms with Crippen LogP contribution in [0.25, 0.3) is 0 Å². The molecule has 0 fully saturated rings. The van der Waals surface area contributed by atoms with Crippen molar-refractivity contribution < 1.29 is 53.7 Å². The SMILES string of the molecule is O=C([O-])C1CCOc2cc(Oc3ccc(C(=O)N(Br)CCc4ccc(Cl)cc4)cc3)c(Cl)cc21.[Na+]. The van der Waals surface area contributed by atoms with Gasteiger partial charge >= 0.3 is 29.6 Å². The minimum Gasteiger partial charge on any atom is -0.549 e. The number of amides is 1. The summed E-state index contributed by atoms with van der Waals surface area (Å²) in [6.45, 7) is 0.751. The van der Waals surface area contributed by atoms with E-state index in [2.05, 4.69) is 16.1 Å². The number of benzene rings is 3. The molecule has 6 nitrogen and oxygen atoms in total. The Morgan fingerprint density at radius 1 is 1.09 bits per heavy atom. The van der Waals surface area contributed by atoms with E-state index in [0.717, 1.165) is 5.56 Å². The minimum atomic E-state index is -1.16. The Balaban J connectivity index is 0.00000342. The maximum Gasteiger partial charge on any atom is 1.00 e. The van der Waals surface area contributed by atoms with Gasteiger partial charge < -0.3 is 19.4 Å². The second-order valence-corrected chi connectivity index (χ2v) is 9.42. The number of ether oxygens (including phenoxy) is 2. The maximum atomic E-state index is 12.7. The van der Waals surface area contributed by atoms with E-state index in [9.17, 15) is 14.7 Å². The number of carboxylic acid groups (broad SMARTS) is 1. The summed E-state index contributed by atoms with van der Waals surface area (Å²) >= 11 is 15.6. The van der Waals surface area contributed by atoms with Crippen molar-refractivity contribution in [2.75, 3.05) is 13.2 Å². The van der Waals surface area contributed by atoms with Crippen molar-refractivity contribution in [3.05, 3.63) is 87.4 Å². The van der Waals surface area contributed by atoms with E-state index in [4.69, 9.17) is 32.7 Å². The fourth-order valence-corrected chi connectivity index (χ4v) is 4.34. The zero-order valence-electron chi connectivity index (χ0n) is 18.8. The van der Waals surface area contributed by atoms with E-state index in [1.165, 1.54) is 9.99 Å². The molecule has 0 saturated heterocycles. The Kier molecular flexibility index (Phi) is 9.93. The van der Waals surface area contributed by atoms with Gasteiger partial charge in [0, 0.05) is 40.6 Å². The molecule has 1 amide bonds. The molecule has 1 atom stereocenters. The molecule has 3 aromatic carbocycles. The second-order valence-electron chi connectivity index (χ2n) is 7.72. The van der Waals surface area contributed by atoms with Crippen LogP contribution < -0.4 is 44.1 Å². The molecule has 0 spiro atoms. The Morgan fingerprint density at radius 3 is 2.43 bits per heavy atom. The van der Waals surface area contributed by atoms with Crippen molar-refractivity contribution in [2.24, 2.45) is 0 Å². The van der Waals surface area contributed by atoms with Crippen molar-refractivity contribution >= 4 is 51.2 Å². The Bertz CT molecular complexity index is 1210. The largest absolute Gasteiger partial charge is 1.00 e. The molecular weight excluding hydrogens is 568 g/mol. The number of nitrogens with zero attached hydrogens (tertiary/aromatic N) is 1. The predicted octanol–water partition coefficient (Wildman–Crippen LogP) is 2.40. The van der Waals surface area contributed by atoms with Crippen LogP contribution in [0.15, 0.2) is 60.7 Å². The summed E-state index contributed by atoms with van der Waals surface area (Å²) < 4.78 is 12.9. The van der Waals surface area contributed by atoms with E-state index >= 15 is 0 Å². The number of halogens is 3. The van der Waals surface area contributed by atoms with Crippen LogP contribution in [0.3, 0.4) is 0 Å². The number of hydrogen-bond acceptors (Lipinski definition) is 5. The molecule has 4 rings (SSSR count). The van der Waals surface area contributed by atoms with Gasteiger partial charge in [0.25, 0.3) is 5.91 Å². The summed E-state index contributed by atoms with van der Waals surface area (Å²) in [6, 6.07) is 17.2. The normalized spacial score (nSPS) is 14.2. The van der Waals surface area contributed by atoms with Gasteiger partial charge in [0.05, 0.1) is 27.8 Å². The molecule has 0 saturated carbocycles. The van der Waals surface area contributed by atoms with Crippen LogP contribution in [-0.2, 0) is 11.2 Å². The third-order valence-corrected chi connectivity index (χ3v) is 6.67. The average molecular weight is 587 g/mol. The number of fused-ring (bicyclic) bond motifs is 1. The molecule has 1 aliphatic heterocycles. The number of aliphatic carboxylic acids is 1. The second kappa shape index (κ2) is 12.5. The van der Waals surface area contributed by atoms with Gasteiger partial charge in [0.15, 0.2) is 0 Å². The quantitative estimate of drug-likeness (QED) is 0.314. The summed E-state index contributed by atoms with van der Waals surface area (Å²) in [5, 5.41) is 12.3. The molecule has 0 aromatic heterocycles. The average Bonchev–Trinajstić information content (AvgIpc) is 2.83. The fraction of sp³-hybridized carbons (Fsp3) is 0.200. The van der Waals surface area contributed by atoms with Gasteiger partial charge in [0.2, 0.25) is 0 Å². The molecule has 1 aliphatic rings. The smallest absolute Gasteiger partial charge is 0.549 e. The molecule has 10 heteroatoms. The number of carbonyl (C=O) groups excluding carboxylic acids is 2. The van der Waals surface area contributed by atoms with Gasteiger partial charge in [-0.3, -0.25) is 8.72 Å². The zero-order chi connectivity index (χ0) is 24.2. The number of carbonyl (C=O) groups is 2. The topological polar surface area (TPSA) is 78.9 Å². The van der Waals surface area contributed by atoms with Crippen molar-refractivity contribution in [3.8, 4) is 17.2 Å². The molecule has 0 aliphatic carbocycles. The van der Waals surface area contributed by atoms with Gasteiger partial charge in [0.1, 0.15) is 17.2 Å². The van der Waals surface area contributed by atoms with E-state index in [1.807, 2.05) is 24.3 Å². The van der Waals surface area contributed by atoms with E-state index in [-0.39, 0.29) is 47.1 Å². The monoisotopic (exact) mass is 585 g/mol. The molecule has 0 bridgehead atoms. The first kappa shape index (κ1) is 27.8. The fourth-order valence-electron chi connectivity index (χ4n) is 3.63. The van der Waals surface area contributed by atoms with Crippen molar-refractivity contribution in [1.82, 2.24) is 3.93 Å². The van der Waals surface area contributed by atoms with Crippen LogP contribution in [0.1, 0.15) is 33.8 Å². The number of hydrogen-bond donors (Lipinski definition) is 0. The maximum absolute atomic E-state index is 12.7. The first-order valence-electron chi connectivity index (χ1n) is 10.5. The minimum absolute atomic E-state index is 0. The first-order chi connectivity index (χ1) is 16.3. The van der Waals surface area contributed by atoms with Crippen LogP contribution >= 0.6 is 39.3 Å². The summed E-state index contributed by atoms with van der Waals surface area (Å²) in [5.41, 5.74) is 2.03. The van der Waals surface area contributed by atoms with Gasteiger partial charge in [-0.25, -0.2) is 0 Å². The molecule has 1 unspecified atom stereocenters. The summed E-state index contributed by atoms with van der Waals surface area (Å²) in [7, 11) is 0. The van der Waals surface area contributed by atoms with Crippen molar-refractivity contribution in [3.63, 3.8) is 0 Å².